The molecule has 0 radical (unpaired) electrons. The third-order valence-electron chi connectivity index (χ3n) is 1.85. The minimum atomic E-state index is -0.0364. The van der Waals surface area contributed by atoms with E-state index in [2.05, 4.69) is 20.3 Å². The zero-order valence-corrected chi connectivity index (χ0v) is 9.68. The first-order valence-corrected chi connectivity index (χ1v) is 5.42. The third-order valence-corrected chi connectivity index (χ3v) is 2.71. The predicted octanol–water partition coefficient (Wildman–Crippen LogP) is 1.02. The monoisotopic (exact) mass is 251 g/mol. The molecule has 0 aliphatic carbocycles. The lowest BCUT2D eigenvalue weighted by molar-refractivity contribution is 0.318. The average molecular weight is 251 g/mol. The van der Waals surface area contributed by atoms with Crippen LogP contribution in [0.5, 0.6) is 0 Å². The molecular weight excluding hydrogens is 242 g/mol. The van der Waals surface area contributed by atoms with E-state index in [0.29, 0.717) is 15.8 Å². The van der Waals surface area contributed by atoms with Crippen molar-refractivity contribution in [3.8, 4) is 0 Å². The molecule has 0 aliphatic rings. The van der Waals surface area contributed by atoms with Gasteiger partial charge in [0.1, 0.15) is 11.3 Å². The number of aryl methyl sites for hydroxylation is 1. The van der Waals surface area contributed by atoms with E-state index in [4.69, 9.17) is 15.4 Å². The number of oxime groups is 1. The van der Waals surface area contributed by atoms with E-state index >= 15 is 0 Å². The van der Waals surface area contributed by atoms with Crippen LogP contribution in [0.25, 0.3) is 0 Å². The van der Waals surface area contributed by atoms with Crippen molar-refractivity contribution in [1.82, 2.24) is 15.2 Å². The highest BCUT2D eigenvalue weighted by atomic mass is 32.2. The van der Waals surface area contributed by atoms with E-state index in [1.54, 1.807) is 6.07 Å². The van der Waals surface area contributed by atoms with Crippen molar-refractivity contribution >= 4 is 17.6 Å². The highest BCUT2D eigenvalue weighted by molar-refractivity contribution is 7.99. The van der Waals surface area contributed by atoms with Gasteiger partial charge in [-0.15, -0.1) is 5.10 Å². The molecule has 2 aromatic heterocycles. The lowest BCUT2D eigenvalue weighted by Gasteiger charge is -2.02. The van der Waals surface area contributed by atoms with Crippen LogP contribution in [0.4, 0.5) is 0 Å². The topological polar surface area (TPSA) is 110 Å². The minimum Gasteiger partial charge on any atom is -0.439 e. The van der Waals surface area contributed by atoms with E-state index in [1.165, 1.54) is 12.5 Å². The summed E-state index contributed by atoms with van der Waals surface area (Å²) in [5, 5.41) is 20.1. The van der Waals surface area contributed by atoms with E-state index in [1.807, 2.05) is 6.92 Å². The summed E-state index contributed by atoms with van der Waals surface area (Å²) >= 11 is 1.16. The number of rotatable bonds is 3. The maximum absolute atomic E-state index is 8.65. The Kier molecular flexibility index (Phi) is 3.24. The van der Waals surface area contributed by atoms with Crippen LogP contribution in [0.1, 0.15) is 11.3 Å². The van der Waals surface area contributed by atoms with Crippen LogP contribution in [0, 0.1) is 6.92 Å². The molecule has 2 aromatic rings. The summed E-state index contributed by atoms with van der Waals surface area (Å²) in [7, 11) is 0. The molecule has 8 heteroatoms. The maximum Gasteiger partial charge on any atom is 0.262 e. The van der Waals surface area contributed by atoms with Gasteiger partial charge in [0.25, 0.3) is 5.22 Å². The van der Waals surface area contributed by atoms with E-state index < -0.39 is 0 Å². The van der Waals surface area contributed by atoms with Gasteiger partial charge in [0.15, 0.2) is 5.84 Å². The van der Waals surface area contributed by atoms with Gasteiger partial charge < -0.3 is 15.4 Å². The van der Waals surface area contributed by atoms with Gasteiger partial charge >= 0.3 is 0 Å². The second kappa shape index (κ2) is 4.83. The summed E-state index contributed by atoms with van der Waals surface area (Å²) in [5.41, 5.74) is 6.76. The maximum atomic E-state index is 8.65. The Morgan fingerprint density at radius 1 is 1.59 bits per heavy atom. The lowest BCUT2D eigenvalue weighted by Crippen LogP contribution is -2.15. The fraction of sp³-hybridized carbons (Fsp3) is 0.111. The Bertz CT molecular complexity index is 554. The van der Waals surface area contributed by atoms with Crippen LogP contribution >= 0.6 is 11.8 Å². The second-order valence-electron chi connectivity index (χ2n) is 3.09. The van der Waals surface area contributed by atoms with Crippen LogP contribution in [0.15, 0.2) is 38.3 Å². The summed E-state index contributed by atoms with van der Waals surface area (Å²) in [4.78, 5) is 4.12. The highest BCUT2D eigenvalue weighted by Gasteiger charge is 2.13. The summed E-state index contributed by atoms with van der Waals surface area (Å²) in [6.45, 7) is 1.81. The van der Waals surface area contributed by atoms with Crippen LogP contribution in [0.2, 0.25) is 0 Å². The molecular formula is C9H9N5O2S. The van der Waals surface area contributed by atoms with Crippen molar-refractivity contribution in [3.63, 3.8) is 0 Å². The molecule has 7 nitrogen and oxygen atoms in total. The van der Waals surface area contributed by atoms with Gasteiger partial charge in [-0.2, -0.15) is 5.10 Å². The molecule has 3 N–H and O–H groups in total. The molecule has 0 fully saturated rings. The van der Waals surface area contributed by atoms with Crippen LogP contribution in [-0.2, 0) is 0 Å². The third kappa shape index (κ3) is 2.53. The Morgan fingerprint density at radius 2 is 2.41 bits per heavy atom. The zero-order valence-electron chi connectivity index (χ0n) is 8.86. The Labute approximate surface area is 101 Å². The first-order chi connectivity index (χ1) is 8.20. The largest absolute Gasteiger partial charge is 0.439 e. The zero-order chi connectivity index (χ0) is 12.3. The first-order valence-electron chi connectivity index (χ1n) is 4.60. The Balaban J connectivity index is 2.32. The number of amidine groups is 1. The number of aromatic nitrogens is 3. The quantitative estimate of drug-likeness (QED) is 0.362. The van der Waals surface area contributed by atoms with Crippen molar-refractivity contribution in [2.45, 2.75) is 17.2 Å². The van der Waals surface area contributed by atoms with Crippen LogP contribution in [-0.4, -0.2) is 26.2 Å². The molecule has 0 aromatic carbocycles. The average Bonchev–Trinajstić information content (AvgIpc) is 2.74. The van der Waals surface area contributed by atoms with Crippen molar-refractivity contribution in [3.05, 3.63) is 29.8 Å². The fourth-order valence-electron chi connectivity index (χ4n) is 1.10. The SMILES string of the molecule is Cc1coc(Sc2nnccc2/C(N)=N/O)n1. The van der Waals surface area contributed by atoms with Gasteiger partial charge in [-0.1, -0.05) is 5.16 Å². The number of hydrogen-bond donors (Lipinski definition) is 2. The number of hydrogen-bond acceptors (Lipinski definition) is 7. The molecule has 17 heavy (non-hydrogen) atoms. The van der Waals surface area contributed by atoms with Gasteiger partial charge in [0.2, 0.25) is 0 Å². The molecule has 0 bridgehead atoms. The van der Waals surface area contributed by atoms with Gasteiger partial charge in [-0.25, -0.2) is 4.98 Å². The fourth-order valence-corrected chi connectivity index (χ4v) is 1.93. The Morgan fingerprint density at radius 3 is 3.06 bits per heavy atom. The molecule has 0 saturated heterocycles. The molecule has 2 heterocycles. The van der Waals surface area contributed by atoms with E-state index in [0.717, 1.165) is 17.5 Å². The number of nitrogens with two attached hydrogens (primary N) is 1. The predicted molar refractivity (Wildman–Crippen MR) is 59.9 cm³/mol. The molecule has 2 rings (SSSR count). The van der Waals surface area contributed by atoms with Crippen molar-refractivity contribution in [1.29, 1.82) is 0 Å². The van der Waals surface area contributed by atoms with Gasteiger partial charge in [-0.3, -0.25) is 0 Å². The normalized spacial score (nSPS) is 11.7. The van der Waals surface area contributed by atoms with Crippen molar-refractivity contribution in [2.24, 2.45) is 10.9 Å². The first kappa shape index (κ1) is 11.4. The minimum absolute atomic E-state index is 0.0364. The lowest BCUT2D eigenvalue weighted by atomic mass is 10.3. The van der Waals surface area contributed by atoms with Gasteiger partial charge in [0.05, 0.1) is 17.5 Å². The number of oxazole rings is 1. The van der Waals surface area contributed by atoms with Gasteiger partial charge in [0, 0.05) is 0 Å². The summed E-state index contributed by atoms with van der Waals surface area (Å²) in [6.07, 6.45) is 2.99. The Hall–Kier alpha value is -2.09. The van der Waals surface area contributed by atoms with E-state index in [-0.39, 0.29) is 5.84 Å². The van der Waals surface area contributed by atoms with Gasteiger partial charge in [-0.05, 0) is 24.8 Å². The van der Waals surface area contributed by atoms with Crippen molar-refractivity contribution in [2.75, 3.05) is 0 Å². The molecule has 0 amide bonds. The summed E-state index contributed by atoms with van der Waals surface area (Å²) in [5.74, 6) is -0.0364. The van der Waals surface area contributed by atoms with E-state index in [9.17, 15) is 0 Å². The molecule has 0 spiro atoms. The summed E-state index contributed by atoms with van der Waals surface area (Å²) in [6, 6.07) is 1.60. The van der Waals surface area contributed by atoms with Crippen LogP contribution in [0.3, 0.4) is 0 Å². The highest BCUT2D eigenvalue weighted by Crippen LogP contribution is 2.27. The molecule has 0 aliphatic heterocycles. The summed E-state index contributed by atoms with van der Waals surface area (Å²) < 4.78 is 5.18. The molecule has 0 unspecified atom stereocenters. The molecule has 0 atom stereocenters. The van der Waals surface area contributed by atoms with Crippen molar-refractivity contribution < 1.29 is 9.62 Å². The smallest absolute Gasteiger partial charge is 0.262 e. The second-order valence-corrected chi connectivity index (χ2v) is 4.03. The molecule has 0 saturated carbocycles. The number of nitrogens with zero attached hydrogens (tertiary/aromatic N) is 4. The molecule has 88 valence electrons. The van der Waals surface area contributed by atoms with Crippen LogP contribution < -0.4 is 5.73 Å². The standard InChI is InChI=1S/C9H9N5O2S/c1-5-4-16-9(12-5)17-8-6(7(10)14-15)2-3-11-13-8/h2-4,15H,1H3,(H2,10,14).